The van der Waals surface area contributed by atoms with Gasteiger partial charge in [0.1, 0.15) is 12.2 Å². The van der Waals surface area contributed by atoms with Crippen LogP contribution in [0.5, 0.6) is 0 Å². The van der Waals surface area contributed by atoms with E-state index in [2.05, 4.69) is 15.5 Å². The Bertz CT molecular complexity index is 299. The SMILES string of the molecule is Cn1cnnc1CN[C@@H]1CCC[C@H]1O. The number of nitrogens with one attached hydrogen (secondary N) is 1. The number of hydrogen-bond acceptors (Lipinski definition) is 4. The van der Waals surface area contributed by atoms with Crippen LogP contribution in [0.1, 0.15) is 25.1 Å². The van der Waals surface area contributed by atoms with Crippen LogP contribution in [0.3, 0.4) is 0 Å². The van der Waals surface area contributed by atoms with Crippen molar-refractivity contribution < 1.29 is 5.11 Å². The lowest BCUT2D eigenvalue weighted by molar-refractivity contribution is 0.148. The normalized spacial score (nSPS) is 27.0. The van der Waals surface area contributed by atoms with Crippen molar-refractivity contribution in [3.63, 3.8) is 0 Å². The van der Waals surface area contributed by atoms with Crippen molar-refractivity contribution in [3.05, 3.63) is 12.2 Å². The molecule has 2 atom stereocenters. The predicted octanol–water partition coefficient (Wildman–Crippen LogP) is -0.182. The maximum Gasteiger partial charge on any atom is 0.146 e. The van der Waals surface area contributed by atoms with Crippen molar-refractivity contribution in [1.82, 2.24) is 20.1 Å². The first-order valence-corrected chi connectivity index (χ1v) is 5.01. The van der Waals surface area contributed by atoms with E-state index in [1.165, 1.54) is 0 Å². The molecule has 2 rings (SSSR count). The zero-order valence-electron chi connectivity index (χ0n) is 8.35. The largest absolute Gasteiger partial charge is 0.392 e. The van der Waals surface area contributed by atoms with Crippen molar-refractivity contribution in [3.8, 4) is 0 Å². The predicted molar refractivity (Wildman–Crippen MR) is 51.5 cm³/mol. The molecular weight excluding hydrogens is 180 g/mol. The van der Waals surface area contributed by atoms with Gasteiger partial charge >= 0.3 is 0 Å². The average Bonchev–Trinajstić information content (AvgIpc) is 2.72. The van der Waals surface area contributed by atoms with Gasteiger partial charge in [0.15, 0.2) is 0 Å². The molecule has 78 valence electrons. The molecule has 0 amide bonds. The van der Waals surface area contributed by atoms with Crippen LogP contribution in [0.2, 0.25) is 0 Å². The molecule has 5 heteroatoms. The molecular formula is C9H16N4O. The smallest absolute Gasteiger partial charge is 0.146 e. The van der Waals surface area contributed by atoms with Gasteiger partial charge in [0.25, 0.3) is 0 Å². The standard InChI is InChI=1S/C9H16N4O/c1-13-6-11-12-9(13)5-10-7-3-2-4-8(7)14/h6-8,10,14H,2-5H2,1H3/t7-,8-/m1/s1. The summed E-state index contributed by atoms with van der Waals surface area (Å²) in [6.45, 7) is 0.679. The van der Waals surface area contributed by atoms with Gasteiger partial charge in [-0.25, -0.2) is 0 Å². The zero-order valence-corrected chi connectivity index (χ0v) is 8.35. The summed E-state index contributed by atoms with van der Waals surface area (Å²) in [5.41, 5.74) is 0. The first-order valence-electron chi connectivity index (χ1n) is 5.01. The van der Waals surface area contributed by atoms with Crippen LogP contribution in [0.25, 0.3) is 0 Å². The Kier molecular flexibility index (Phi) is 2.79. The van der Waals surface area contributed by atoms with Crippen LogP contribution in [0.4, 0.5) is 0 Å². The number of aryl methyl sites for hydroxylation is 1. The number of aliphatic hydroxyl groups is 1. The van der Waals surface area contributed by atoms with Gasteiger partial charge in [0, 0.05) is 13.1 Å². The van der Waals surface area contributed by atoms with E-state index in [-0.39, 0.29) is 12.1 Å². The van der Waals surface area contributed by atoms with E-state index in [4.69, 9.17) is 0 Å². The summed E-state index contributed by atoms with van der Waals surface area (Å²) < 4.78 is 1.88. The molecule has 0 unspecified atom stereocenters. The molecule has 1 saturated carbocycles. The number of hydrogen-bond donors (Lipinski definition) is 2. The molecule has 1 fully saturated rings. The highest BCUT2D eigenvalue weighted by Crippen LogP contribution is 2.18. The van der Waals surface area contributed by atoms with Crippen molar-refractivity contribution in [2.75, 3.05) is 0 Å². The van der Waals surface area contributed by atoms with E-state index >= 15 is 0 Å². The highest BCUT2D eigenvalue weighted by atomic mass is 16.3. The Labute approximate surface area is 83.2 Å². The lowest BCUT2D eigenvalue weighted by Crippen LogP contribution is -2.35. The number of rotatable bonds is 3. The fourth-order valence-electron chi connectivity index (χ4n) is 1.87. The van der Waals surface area contributed by atoms with E-state index in [9.17, 15) is 5.11 Å². The van der Waals surface area contributed by atoms with Crippen LogP contribution in [0, 0.1) is 0 Å². The average molecular weight is 196 g/mol. The van der Waals surface area contributed by atoms with Crippen molar-refractivity contribution in [1.29, 1.82) is 0 Å². The fraction of sp³-hybridized carbons (Fsp3) is 0.778. The quantitative estimate of drug-likeness (QED) is 0.704. The Hall–Kier alpha value is -0.940. The molecule has 1 aromatic heterocycles. The molecule has 5 nitrogen and oxygen atoms in total. The summed E-state index contributed by atoms with van der Waals surface area (Å²) in [5, 5.41) is 20.6. The molecule has 1 aliphatic carbocycles. The maximum absolute atomic E-state index is 9.58. The fourth-order valence-corrected chi connectivity index (χ4v) is 1.87. The third-order valence-electron chi connectivity index (χ3n) is 2.81. The van der Waals surface area contributed by atoms with Gasteiger partial charge in [-0.3, -0.25) is 0 Å². The first-order chi connectivity index (χ1) is 6.77. The monoisotopic (exact) mass is 196 g/mol. The molecule has 0 saturated heterocycles. The van der Waals surface area contributed by atoms with E-state index < -0.39 is 0 Å². The third-order valence-corrected chi connectivity index (χ3v) is 2.81. The first kappa shape index (κ1) is 9.61. The molecule has 1 heterocycles. The van der Waals surface area contributed by atoms with Crippen LogP contribution >= 0.6 is 0 Å². The molecule has 0 aliphatic heterocycles. The maximum atomic E-state index is 9.58. The van der Waals surface area contributed by atoms with E-state index in [1.807, 2.05) is 11.6 Å². The van der Waals surface area contributed by atoms with Gasteiger partial charge in [-0.15, -0.1) is 10.2 Å². The van der Waals surface area contributed by atoms with Crippen LogP contribution < -0.4 is 5.32 Å². The van der Waals surface area contributed by atoms with Crippen LogP contribution in [-0.2, 0) is 13.6 Å². The minimum atomic E-state index is -0.191. The molecule has 0 bridgehead atoms. The number of aliphatic hydroxyl groups excluding tert-OH is 1. The van der Waals surface area contributed by atoms with Gasteiger partial charge in [0.2, 0.25) is 0 Å². The third kappa shape index (κ3) is 1.93. The zero-order chi connectivity index (χ0) is 9.97. The summed E-state index contributed by atoms with van der Waals surface area (Å²) >= 11 is 0. The van der Waals surface area contributed by atoms with Crippen LogP contribution in [0.15, 0.2) is 6.33 Å². The minimum Gasteiger partial charge on any atom is -0.392 e. The van der Waals surface area contributed by atoms with Crippen molar-refractivity contribution >= 4 is 0 Å². The Morgan fingerprint density at radius 2 is 2.50 bits per heavy atom. The van der Waals surface area contributed by atoms with Gasteiger partial charge in [0.05, 0.1) is 12.6 Å². The van der Waals surface area contributed by atoms with Gasteiger partial charge in [-0.1, -0.05) is 0 Å². The van der Waals surface area contributed by atoms with E-state index in [0.29, 0.717) is 6.54 Å². The Morgan fingerprint density at radius 3 is 3.07 bits per heavy atom. The van der Waals surface area contributed by atoms with Crippen molar-refractivity contribution in [2.24, 2.45) is 7.05 Å². The highest BCUT2D eigenvalue weighted by Gasteiger charge is 2.24. The molecule has 14 heavy (non-hydrogen) atoms. The number of aromatic nitrogens is 3. The molecule has 0 aromatic carbocycles. The second kappa shape index (κ2) is 4.06. The van der Waals surface area contributed by atoms with Crippen molar-refractivity contribution in [2.45, 2.75) is 38.0 Å². The molecule has 1 aromatic rings. The summed E-state index contributed by atoms with van der Waals surface area (Å²) in [5.74, 6) is 0.907. The van der Waals surface area contributed by atoms with Gasteiger partial charge in [-0.2, -0.15) is 0 Å². The Balaban J connectivity index is 1.85. The minimum absolute atomic E-state index is 0.191. The number of nitrogens with zero attached hydrogens (tertiary/aromatic N) is 3. The molecule has 0 radical (unpaired) electrons. The molecule has 1 aliphatic rings. The van der Waals surface area contributed by atoms with Gasteiger partial charge in [-0.05, 0) is 19.3 Å². The molecule has 2 N–H and O–H groups in total. The summed E-state index contributed by atoms with van der Waals surface area (Å²) in [7, 11) is 1.92. The summed E-state index contributed by atoms with van der Waals surface area (Å²) in [4.78, 5) is 0. The second-order valence-electron chi connectivity index (χ2n) is 3.84. The lowest BCUT2D eigenvalue weighted by Gasteiger charge is -2.15. The van der Waals surface area contributed by atoms with Gasteiger partial charge < -0.3 is 15.0 Å². The highest BCUT2D eigenvalue weighted by molar-refractivity contribution is 4.88. The summed E-state index contributed by atoms with van der Waals surface area (Å²) in [6, 6.07) is 0.228. The van der Waals surface area contributed by atoms with Crippen LogP contribution in [-0.4, -0.2) is 32.0 Å². The Morgan fingerprint density at radius 1 is 1.64 bits per heavy atom. The summed E-state index contributed by atoms with van der Waals surface area (Å²) in [6.07, 6.45) is 4.57. The molecule has 0 spiro atoms. The van der Waals surface area contributed by atoms with E-state index in [1.54, 1.807) is 6.33 Å². The topological polar surface area (TPSA) is 63.0 Å². The lowest BCUT2D eigenvalue weighted by atomic mass is 10.2. The van der Waals surface area contributed by atoms with E-state index in [0.717, 1.165) is 25.1 Å². The second-order valence-corrected chi connectivity index (χ2v) is 3.84.